The van der Waals surface area contributed by atoms with E-state index in [2.05, 4.69) is 20.8 Å². The highest BCUT2D eigenvalue weighted by Crippen LogP contribution is 2.68. The molecule has 27 heavy (non-hydrogen) atoms. The van der Waals surface area contributed by atoms with Gasteiger partial charge in [-0.1, -0.05) is 33.6 Å². The van der Waals surface area contributed by atoms with Crippen LogP contribution in [0, 0.1) is 46.3 Å². The summed E-state index contributed by atoms with van der Waals surface area (Å²) in [7, 11) is 0. The lowest BCUT2D eigenvalue weighted by Crippen LogP contribution is -2.53. The van der Waals surface area contributed by atoms with Gasteiger partial charge in [0.1, 0.15) is 0 Å². The van der Waals surface area contributed by atoms with Gasteiger partial charge in [0.25, 0.3) is 0 Å². The quantitative estimate of drug-likeness (QED) is 0.517. The number of fused-ring (bicyclic) bond motifs is 5. The summed E-state index contributed by atoms with van der Waals surface area (Å²) in [5, 5.41) is 0. The zero-order valence-electron chi connectivity index (χ0n) is 18.3. The van der Waals surface area contributed by atoms with Crippen molar-refractivity contribution in [3.63, 3.8) is 0 Å². The number of carbonyl (C=O) groups excluding carboxylic acids is 1. The predicted molar refractivity (Wildman–Crippen MR) is 110 cm³/mol. The third-order valence-electron chi connectivity index (χ3n) is 10.1. The van der Waals surface area contributed by atoms with E-state index in [0.717, 1.165) is 23.7 Å². The van der Waals surface area contributed by atoms with Crippen molar-refractivity contribution in [2.75, 3.05) is 6.61 Å². The number of rotatable bonds is 4. The number of hydrogen-bond acceptors (Lipinski definition) is 2. The molecule has 0 N–H and O–H groups in total. The van der Waals surface area contributed by atoms with Crippen molar-refractivity contribution < 1.29 is 9.53 Å². The molecule has 2 heteroatoms. The summed E-state index contributed by atoms with van der Waals surface area (Å²) in [5.41, 5.74) is 1.10. The van der Waals surface area contributed by atoms with Gasteiger partial charge in [-0.25, -0.2) is 0 Å². The van der Waals surface area contributed by atoms with E-state index in [1.807, 2.05) is 6.92 Å². The van der Waals surface area contributed by atoms with Crippen LogP contribution in [-0.4, -0.2) is 12.6 Å². The number of ether oxygens (including phenoxy) is 1. The third kappa shape index (κ3) is 3.18. The third-order valence-corrected chi connectivity index (χ3v) is 10.1. The minimum atomic E-state index is 0.0148. The number of esters is 1. The van der Waals surface area contributed by atoms with E-state index in [-0.39, 0.29) is 5.97 Å². The van der Waals surface area contributed by atoms with Crippen LogP contribution in [-0.2, 0) is 9.53 Å². The maximum atomic E-state index is 12.1. The van der Waals surface area contributed by atoms with Gasteiger partial charge in [-0.15, -0.1) is 0 Å². The van der Waals surface area contributed by atoms with Gasteiger partial charge in [-0.05, 0) is 105 Å². The van der Waals surface area contributed by atoms with Crippen molar-refractivity contribution in [3.05, 3.63) is 0 Å². The van der Waals surface area contributed by atoms with E-state index >= 15 is 0 Å². The first kappa shape index (κ1) is 19.8. The molecule has 0 saturated heterocycles. The Morgan fingerprint density at radius 2 is 1.74 bits per heavy atom. The zero-order chi connectivity index (χ0) is 19.2. The van der Waals surface area contributed by atoms with Gasteiger partial charge >= 0.3 is 5.97 Å². The Kier molecular flexibility index (Phi) is 5.40. The fourth-order valence-electron chi connectivity index (χ4n) is 8.90. The fourth-order valence-corrected chi connectivity index (χ4v) is 8.90. The molecule has 0 bridgehead atoms. The fraction of sp³-hybridized carbons (Fsp3) is 0.960. The molecule has 4 rings (SSSR count). The lowest BCUT2D eigenvalue weighted by molar-refractivity contribution is -0.145. The minimum absolute atomic E-state index is 0.0148. The minimum Gasteiger partial charge on any atom is -0.466 e. The number of carbonyl (C=O) groups is 1. The summed E-state index contributed by atoms with van der Waals surface area (Å²) in [6.45, 7) is 10.0. The molecule has 2 nitrogen and oxygen atoms in total. The Hall–Kier alpha value is -0.530. The van der Waals surface area contributed by atoms with Crippen LogP contribution in [0.3, 0.4) is 0 Å². The van der Waals surface area contributed by atoms with Crippen molar-refractivity contribution >= 4 is 5.97 Å². The van der Waals surface area contributed by atoms with Crippen LogP contribution in [0.25, 0.3) is 0 Å². The molecule has 0 radical (unpaired) electrons. The monoisotopic (exact) mass is 374 g/mol. The van der Waals surface area contributed by atoms with Crippen LogP contribution in [0.4, 0.5) is 0 Å². The van der Waals surface area contributed by atoms with E-state index in [1.54, 1.807) is 0 Å². The smallest absolute Gasteiger partial charge is 0.306 e. The lowest BCUT2D eigenvalue weighted by atomic mass is 9.44. The van der Waals surface area contributed by atoms with E-state index in [0.29, 0.717) is 35.7 Å². The molecule has 4 aliphatic carbocycles. The van der Waals surface area contributed by atoms with Gasteiger partial charge in [0.15, 0.2) is 0 Å². The average Bonchev–Trinajstić information content (AvgIpc) is 2.98. The number of hydrogen-bond donors (Lipinski definition) is 0. The molecule has 8 atom stereocenters. The highest BCUT2D eigenvalue weighted by molar-refractivity contribution is 5.69. The Labute approximate surface area is 167 Å². The van der Waals surface area contributed by atoms with Crippen molar-refractivity contribution in [3.8, 4) is 0 Å². The van der Waals surface area contributed by atoms with Gasteiger partial charge < -0.3 is 4.74 Å². The molecular formula is C25H42O2. The Morgan fingerprint density at radius 1 is 0.963 bits per heavy atom. The summed E-state index contributed by atoms with van der Waals surface area (Å²) in [4.78, 5) is 12.1. The summed E-state index contributed by atoms with van der Waals surface area (Å²) < 4.78 is 5.26. The molecule has 0 amide bonds. The van der Waals surface area contributed by atoms with E-state index in [4.69, 9.17) is 4.74 Å². The average molecular weight is 375 g/mol. The molecule has 4 aliphatic rings. The highest BCUT2D eigenvalue weighted by Gasteiger charge is 2.60. The van der Waals surface area contributed by atoms with E-state index in [9.17, 15) is 4.79 Å². The first-order valence-electron chi connectivity index (χ1n) is 12.1. The molecule has 0 aliphatic heterocycles. The summed E-state index contributed by atoms with van der Waals surface area (Å²) in [6.07, 6.45) is 15.1. The van der Waals surface area contributed by atoms with Crippen LogP contribution in [0.15, 0.2) is 0 Å². The molecule has 4 saturated carbocycles. The molecule has 0 unspecified atom stereocenters. The van der Waals surface area contributed by atoms with Crippen LogP contribution < -0.4 is 0 Å². The lowest BCUT2D eigenvalue weighted by Gasteiger charge is -2.60. The highest BCUT2D eigenvalue weighted by atomic mass is 16.5. The summed E-state index contributed by atoms with van der Waals surface area (Å²) >= 11 is 0. The van der Waals surface area contributed by atoms with Gasteiger partial charge in [-0.3, -0.25) is 4.79 Å². The molecular weight excluding hydrogens is 332 g/mol. The molecule has 0 heterocycles. The molecule has 0 spiro atoms. The summed E-state index contributed by atoms with van der Waals surface area (Å²) in [6, 6.07) is 0. The van der Waals surface area contributed by atoms with Crippen LogP contribution in [0.1, 0.15) is 98.3 Å². The van der Waals surface area contributed by atoms with Crippen LogP contribution in [0.2, 0.25) is 0 Å². The predicted octanol–water partition coefficient (Wildman–Crippen LogP) is 6.62. The van der Waals surface area contributed by atoms with Crippen LogP contribution in [0.5, 0.6) is 0 Å². The second-order valence-corrected chi connectivity index (χ2v) is 11.1. The van der Waals surface area contributed by atoms with Gasteiger partial charge in [0, 0.05) is 6.42 Å². The molecule has 0 aromatic rings. The van der Waals surface area contributed by atoms with Crippen molar-refractivity contribution in [1.29, 1.82) is 0 Å². The van der Waals surface area contributed by atoms with Crippen molar-refractivity contribution in [2.45, 2.75) is 98.3 Å². The second kappa shape index (κ2) is 7.38. The Bertz CT molecular complexity index is 557. The first-order valence-corrected chi connectivity index (χ1v) is 12.1. The largest absolute Gasteiger partial charge is 0.466 e. The van der Waals surface area contributed by atoms with Crippen molar-refractivity contribution in [2.24, 2.45) is 46.3 Å². The second-order valence-electron chi connectivity index (χ2n) is 11.1. The molecule has 4 fully saturated rings. The summed E-state index contributed by atoms with van der Waals surface area (Å²) in [5.74, 6) is 5.06. The SMILES string of the molecule is CCOC(=O)C[C@H](C)[C@H]1CC[C@H]2[C@@H]3CC[C@H]4CCCC[C@]4(C)[C@H]3CC[C@]12C. The standard InChI is InChI=1S/C25H42O2/c1-5-27-23(26)16-17(2)20-11-12-21-19-10-9-18-8-6-7-14-24(18,3)22(19)13-15-25(20,21)4/h17-22H,5-16H2,1-4H3/t17-,18+,19-,20+,21-,22-,24-,25+/m0/s1. The topological polar surface area (TPSA) is 26.3 Å². The van der Waals surface area contributed by atoms with Gasteiger partial charge in [0.05, 0.1) is 6.61 Å². The molecule has 154 valence electrons. The van der Waals surface area contributed by atoms with Crippen molar-refractivity contribution in [1.82, 2.24) is 0 Å². The molecule has 0 aromatic heterocycles. The van der Waals surface area contributed by atoms with E-state index in [1.165, 1.54) is 64.2 Å². The maximum absolute atomic E-state index is 12.1. The zero-order valence-corrected chi connectivity index (χ0v) is 18.3. The first-order chi connectivity index (χ1) is 12.9. The van der Waals surface area contributed by atoms with Gasteiger partial charge in [0.2, 0.25) is 0 Å². The Morgan fingerprint density at radius 3 is 2.52 bits per heavy atom. The van der Waals surface area contributed by atoms with Crippen LogP contribution >= 0.6 is 0 Å². The molecule has 0 aromatic carbocycles. The normalized spacial score (nSPS) is 47.5. The maximum Gasteiger partial charge on any atom is 0.306 e. The van der Waals surface area contributed by atoms with Gasteiger partial charge in [-0.2, -0.15) is 0 Å². The van der Waals surface area contributed by atoms with E-state index < -0.39 is 0 Å². The Balaban J connectivity index is 1.50.